The second kappa shape index (κ2) is 6.00. The van der Waals surface area contributed by atoms with Gasteiger partial charge in [0.2, 0.25) is 0 Å². The highest BCUT2D eigenvalue weighted by Crippen LogP contribution is 2.45. The van der Waals surface area contributed by atoms with Crippen LogP contribution in [0.2, 0.25) is 0 Å². The number of hydrogen-bond acceptors (Lipinski definition) is 1. The molecular formula is C16H23F2N. The molecule has 19 heavy (non-hydrogen) atoms. The van der Waals surface area contributed by atoms with E-state index in [1.165, 1.54) is 31.4 Å². The lowest BCUT2D eigenvalue weighted by molar-refractivity contribution is 0.145. The summed E-state index contributed by atoms with van der Waals surface area (Å²) in [4.78, 5) is 0. The minimum atomic E-state index is -0.771. The molecule has 1 aromatic carbocycles. The minimum Gasteiger partial charge on any atom is -0.310 e. The largest absolute Gasteiger partial charge is 0.310 e. The van der Waals surface area contributed by atoms with Crippen molar-refractivity contribution in [2.75, 3.05) is 6.54 Å². The normalized spacial score (nSPS) is 20.2. The highest BCUT2D eigenvalue weighted by molar-refractivity contribution is 5.23. The lowest BCUT2D eigenvalue weighted by Gasteiger charge is -2.41. The first-order chi connectivity index (χ1) is 9.07. The fraction of sp³-hybridized carbons (Fsp3) is 0.625. The smallest absolute Gasteiger partial charge is 0.159 e. The molecule has 1 aliphatic rings. The average Bonchev–Trinajstić information content (AvgIpc) is 2.40. The predicted molar refractivity (Wildman–Crippen MR) is 74.0 cm³/mol. The number of benzene rings is 1. The second-order valence-corrected chi connectivity index (χ2v) is 5.88. The van der Waals surface area contributed by atoms with Gasteiger partial charge in [-0.1, -0.05) is 39.2 Å². The van der Waals surface area contributed by atoms with E-state index in [4.69, 9.17) is 0 Å². The van der Waals surface area contributed by atoms with E-state index in [0.29, 0.717) is 0 Å². The van der Waals surface area contributed by atoms with Gasteiger partial charge >= 0.3 is 0 Å². The van der Waals surface area contributed by atoms with E-state index in [0.717, 1.165) is 24.9 Å². The summed E-state index contributed by atoms with van der Waals surface area (Å²) in [5.74, 6) is -1.52. The van der Waals surface area contributed by atoms with Gasteiger partial charge < -0.3 is 5.32 Å². The molecule has 0 aliphatic heterocycles. The summed E-state index contributed by atoms with van der Waals surface area (Å²) in [6.45, 7) is 5.15. The minimum absolute atomic E-state index is 0.105. The van der Waals surface area contributed by atoms with Crippen molar-refractivity contribution in [3.05, 3.63) is 35.4 Å². The molecule has 1 aromatic rings. The van der Waals surface area contributed by atoms with Crippen molar-refractivity contribution in [2.24, 2.45) is 5.41 Å². The monoisotopic (exact) mass is 267 g/mol. The Kier molecular flexibility index (Phi) is 4.56. The van der Waals surface area contributed by atoms with Crippen LogP contribution in [-0.4, -0.2) is 6.54 Å². The Bertz CT molecular complexity index is 425. The molecule has 1 aliphatic carbocycles. The van der Waals surface area contributed by atoms with Gasteiger partial charge in [0.25, 0.3) is 0 Å². The Morgan fingerprint density at radius 1 is 1.16 bits per heavy atom. The Morgan fingerprint density at radius 2 is 1.84 bits per heavy atom. The van der Waals surface area contributed by atoms with Crippen molar-refractivity contribution in [2.45, 2.75) is 52.0 Å². The molecule has 1 N–H and O–H groups in total. The van der Waals surface area contributed by atoms with Crippen LogP contribution in [0.25, 0.3) is 0 Å². The summed E-state index contributed by atoms with van der Waals surface area (Å²) in [7, 11) is 0. The van der Waals surface area contributed by atoms with Crippen LogP contribution in [0.4, 0.5) is 8.78 Å². The van der Waals surface area contributed by atoms with Gasteiger partial charge in [0.15, 0.2) is 11.6 Å². The molecule has 106 valence electrons. The Balaban J connectivity index is 2.30. The van der Waals surface area contributed by atoms with Crippen molar-refractivity contribution < 1.29 is 8.78 Å². The van der Waals surface area contributed by atoms with Crippen molar-refractivity contribution in [3.8, 4) is 0 Å². The van der Waals surface area contributed by atoms with Crippen LogP contribution in [0.15, 0.2) is 18.2 Å². The van der Waals surface area contributed by atoms with E-state index in [9.17, 15) is 8.78 Å². The molecule has 0 bridgehead atoms. The third-order valence-corrected chi connectivity index (χ3v) is 4.38. The second-order valence-electron chi connectivity index (χ2n) is 5.88. The summed E-state index contributed by atoms with van der Waals surface area (Å²) in [5.41, 5.74) is 1.00. The average molecular weight is 267 g/mol. The number of rotatable bonds is 4. The van der Waals surface area contributed by atoms with Gasteiger partial charge in [0, 0.05) is 6.04 Å². The number of hydrogen-bond donors (Lipinski definition) is 1. The maximum absolute atomic E-state index is 13.5. The molecule has 0 heterocycles. The highest BCUT2D eigenvalue weighted by Gasteiger charge is 2.36. The lowest BCUT2D eigenvalue weighted by atomic mass is 9.68. The van der Waals surface area contributed by atoms with E-state index in [1.54, 1.807) is 6.07 Å². The first-order valence-electron chi connectivity index (χ1n) is 7.25. The highest BCUT2D eigenvalue weighted by atomic mass is 19.2. The molecule has 0 spiro atoms. The van der Waals surface area contributed by atoms with Gasteiger partial charge in [-0.05, 0) is 42.5 Å². The quantitative estimate of drug-likeness (QED) is 0.841. The summed E-state index contributed by atoms with van der Waals surface area (Å²) < 4.78 is 26.6. The molecule has 1 atom stereocenters. The van der Waals surface area contributed by atoms with E-state index in [1.807, 2.05) is 0 Å². The zero-order valence-electron chi connectivity index (χ0n) is 11.8. The van der Waals surface area contributed by atoms with Crippen LogP contribution in [0, 0.1) is 17.0 Å². The Hall–Kier alpha value is -0.960. The Morgan fingerprint density at radius 3 is 2.42 bits per heavy atom. The van der Waals surface area contributed by atoms with Gasteiger partial charge in [0.1, 0.15) is 0 Å². The third kappa shape index (κ3) is 3.14. The van der Waals surface area contributed by atoms with Crippen LogP contribution in [0.3, 0.4) is 0 Å². The summed E-state index contributed by atoms with van der Waals surface area (Å²) in [6, 6.07) is 4.41. The SMILES string of the molecule is CCNC(c1ccc(F)c(F)c1)C1(C)CCCCC1. The van der Waals surface area contributed by atoms with E-state index in [2.05, 4.69) is 19.2 Å². The van der Waals surface area contributed by atoms with Gasteiger partial charge in [-0.25, -0.2) is 8.78 Å². The molecule has 0 aromatic heterocycles. The zero-order valence-corrected chi connectivity index (χ0v) is 11.8. The fourth-order valence-electron chi connectivity index (χ4n) is 3.31. The molecule has 3 heteroatoms. The van der Waals surface area contributed by atoms with E-state index < -0.39 is 11.6 Å². The predicted octanol–water partition coefficient (Wildman–Crippen LogP) is 4.59. The Labute approximate surface area is 114 Å². The molecule has 0 radical (unpaired) electrons. The van der Waals surface area contributed by atoms with Gasteiger partial charge in [-0.3, -0.25) is 0 Å². The molecular weight excluding hydrogens is 244 g/mol. The molecule has 0 amide bonds. The summed E-state index contributed by atoms with van der Waals surface area (Å²) in [5, 5.41) is 3.47. The van der Waals surface area contributed by atoms with Gasteiger partial charge in [0.05, 0.1) is 0 Å². The number of nitrogens with one attached hydrogen (secondary N) is 1. The van der Waals surface area contributed by atoms with E-state index >= 15 is 0 Å². The maximum Gasteiger partial charge on any atom is 0.159 e. The number of halogens is 2. The van der Waals surface area contributed by atoms with E-state index in [-0.39, 0.29) is 11.5 Å². The molecule has 1 nitrogen and oxygen atoms in total. The van der Waals surface area contributed by atoms with Crippen molar-refractivity contribution in [1.29, 1.82) is 0 Å². The fourth-order valence-corrected chi connectivity index (χ4v) is 3.31. The van der Waals surface area contributed by atoms with Crippen molar-refractivity contribution >= 4 is 0 Å². The van der Waals surface area contributed by atoms with Crippen LogP contribution < -0.4 is 5.32 Å². The first kappa shape index (κ1) is 14.4. The molecule has 1 saturated carbocycles. The van der Waals surface area contributed by atoms with Crippen LogP contribution in [0.1, 0.15) is 57.6 Å². The molecule has 1 fully saturated rings. The molecule has 0 saturated heterocycles. The topological polar surface area (TPSA) is 12.0 Å². The van der Waals surface area contributed by atoms with Crippen LogP contribution >= 0.6 is 0 Å². The van der Waals surface area contributed by atoms with Crippen molar-refractivity contribution in [3.63, 3.8) is 0 Å². The van der Waals surface area contributed by atoms with Crippen molar-refractivity contribution in [1.82, 2.24) is 5.32 Å². The maximum atomic E-state index is 13.5. The molecule has 1 unspecified atom stereocenters. The van der Waals surface area contributed by atoms with Crippen LogP contribution in [0.5, 0.6) is 0 Å². The zero-order chi connectivity index (χ0) is 13.9. The summed E-state index contributed by atoms with van der Waals surface area (Å²) in [6.07, 6.45) is 6.02. The third-order valence-electron chi connectivity index (χ3n) is 4.38. The lowest BCUT2D eigenvalue weighted by Crippen LogP contribution is -2.37. The van der Waals surface area contributed by atoms with Gasteiger partial charge in [-0.15, -0.1) is 0 Å². The molecule has 2 rings (SSSR count). The standard InChI is InChI=1S/C16H23F2N/c1-3-19-15(16(2)9-5-4-6-10-16)12-7-8-13(17)14(18)11-12/h7-8,11,15,19H,3-6,9-10H2,1-2H3. The van der Waals surface area contributed by atoms with Crippen LogP contribution in [-0.2, 0) is 0 Å². The summed E-state index contributed by atoms with van der Waals surface area (Å²) >= 11 is 0. The van der Waals surface area contributed by atoms with Gasteiger partial charge in [-0.2, -0.15) is 0 Å². The first-order valence-corrected chi connectivity index (χ1v) is 7.25.